The van der Waals surface area contributed by atoms with Gasteiger partial charge in [-0.3, -0.25) is 14.8 Å². The topological polar surface area (TPSA) is 104 Å². The molecule has 0 saturated carbocycles. The van der Waals surface area contributed by atoms with Gasteiger partial charge < -0.3 is 5.32 Å². The number of allylic oxidation sites excluding steroid dienone is 1. The number of carbonyl (C=O) groups is 1. The van der Waals surface area contributed by atoms with Gasteiger partial charge in [-0.15, -0.1) is 0 Å². The van der Waals surface area contributed by atoms with Crippen molar-refractivity contribution in [2.45, 2.75) is 13.0 Å². The number of halogens is 2. The Morgan fingerprint density at radius 2 is 2.00 bits per heavy atom. The predicted octanol–water partition coefficient (Wildman–Crippen LogP) is 2.16. The number of amidine groups is 1. The minimum absolute atomic E-state index is 0.0358. The lowest BCUT2D eigenvalue weighted by Crippen LogP contribution is -2.43. The van der Waals surface area contributed by atoms with E-state index < -0.39 is 28.0 Å². The fraction of sp³-hybridized carbons (Fsp3) is 0.211. The van der Waals surface area contributed by atoms with Crippen molar-refractivity contribution in [3.63, 3.8) is 0 Å². The summed E-state index contributed by atoms with van der Waals surface area (Å²) in [4.78, 5) is 21.7. The average Bonchev–Trinajstić information content (AvgIpc) is 2.67. The summed E-state index contributed by atoms with van der Waals surface area (Å²) in [6, 6.07) is 7.98. The molecule has 158 valence electrons. The maximum atomic E-state index is 13.6. The van der Waals surface area contributed by atoms with Crippen LogP contribution in [0.25, 0.3) is 0 Å². The van der Waals surface area contributed by atoms with E-state index in [4.69, 9.17) is 11.6 Å². The number of hydrogen-bond donors (Lipinski definition) is 2. The van der Waals surface area contributed by atoms with Crippen molar-refractivity contribution < 1.29 is 17.6 Å². The summed E-state index contributed by atoms with van der Waals surface area (Å²) in [7, 11) is -1.45. The lowest BCUT2D eigenvalue weighted by atomic mass is 9.95. The Bertz CT molecular complexity index is 1150. The van der Waals surface area contributed by atoms with Gasteiger partial charge in [-0.1, -0.05) is 23.7 Å². The number of aromatic nitrogens is 1. The Kier molecular flexibility index (Phi) is 6.20. The van der Waals surface area contributed by atoms with Gasteiger partial charge in [0.15, 0.2) is 5.84 Å². The third-order valence-corrected chi connectivity index (χ3v) is 6.09. The molecule has 1 aliphatic rings. The largest absolute Gasteiger partial charge is 0.342 e. The van der Waals surface area contributed by atoms with E-state index >= 15 is 0 Å². The third kappa shape index (κ3) is 4.50. The summed E-state index contributed by atoms with van der Waals surface area (Å²) >= 11 is 6.23. The van der Waals surface area contributed by atoms with E-state index in [2.05, 4.69) is 15.3 Å². The van der Waals surface area contributed by atoms with Crippen LogP contribution in [0.15, 0.2) is 58.9 Å². The van der Waals surface area contributed by atoms with Crippen LogP contribution in [0.3, 0.4) is 0 Å². The van der Waals surface area contributed by atoms with Crippen LogP contribution in [0.4, 0.5) is 4.39 Å². The zero-order valence-electron chi connectivity index (χ0n) is 16.3. The van der Waals surface area contributed by atoms with Crippen LogP contribution in [0, 0.1) is 5.82 Å². The Morgan fingerprint density at radius 1 is 1.27 bits per heavy atom. The maximum absolute atomic E-state index is 13.6. The number of pyridine rings is 1. The Morgan fingerprint density at radius 3 is 2.60 bits per heavy atom. The minimum Gasteiger partial charge on any atom is -0.342 e. The van der Waals surface area contributed by atoms with E-state index in [0.717, 1.165) is 10.4 Å². The standard InChI is InChI=1S/C19H19ClFN5O3S/c1-11-16(19(27)25-30(28,29)26(2)3)17(13-8-7-12(21)10-14(13)20)24-18(23-11)15-6-4-5-9-22-15/h4-10,17H,1-3H3,(H,23,24)(H,25,27). The molecule has 0 bridgehead atoms. The van der Waals surface area contributed by atoms with E-state index in [1.54, 1.807) is 31.3 Å². The van der Waals surface area contributed by atoms with Crippen LogP contribution in [-0.4, -0.2) is 43.5 Å². The van der Waals surface area contributed by atoms with Gasteiger partial charge in [0, 0.05) is 36.6 Å². The Hall–Kier alpha value is -2.82. The summed E-state index contributed by atoms with van der Waals surface area (Å²) in [6.45, 7) is 1.61. The van der Waals surface area contributed by atoms with Crippen molar-refractivity contribution in [3.8, 4) is 0 Å². The first-order valence-corrected chi connectivity index (χ1v) is 10.6. The quantitative estimate of drug-likeness (QED) is 0.725. The lowest BCUT2D eigenvalue weighted by Gasteiger charge is -2.27. The van der Waals surface area contributed by atoms with Crippen molar-refractivity contribution in [3.05, 3.63) is 76.0 Å². The van der Waals surface area contributed by atoms with Gasteiger partial charge in [0.2, 0.25) is 0 Å². The molecule has 0 spiro atoms. The number of nitrogens with one attached hydrogen (secondary N) is 2. The van der Waals surface area contributed by atoms with E-state index in [1.807, 2.05) is 4.72 Å². The summed E-state index contributed by atoms with van der Waals surface area (Å²) in [5.41, 5.74) is 1.26. The highest BCUT2D eigenvalue weighted by molar-refractivity contribution is 7.87. The second-order valence-corrected chi connectivity index (χ2v) is 8.94. The Labute approximate surface area is 178 Å². The zero-order chi connectivity index (χ0) is 22.1. The highest BCUT2D eigenvalue weighted by atomic mass is 35.5. The number of aliphatic imine (C=N–C) groups is 1. The molecule has 0 radical (unpaired) electrons. The molecule has 2 N–H and O–H groups in total. The van der Waals surface area contributed by atoms with Crippen LogP contribution >= 0.6 is 11.6 Å². The summed E-state index contributed by atoms with van der Waals surface area (Å²) in [5, 5.41) is 3.05. The summed E-state index contributed by atoms with van der Waals surface area (Å²) in [6.07, 6.45) is 1.59. The van der Waals surface area contributed by atoms with Crippen molar-refractivity contribution in [2.75, 3.05) is 14.1 Å². The number of hydrogen-bond acceptors (Lipinski definition) is 6. The van der Waals surface area contributed by atoms with Crippen molar-refractivity contribution >= 4 is 33.6 Å². The van der Waals surface area contributed by atoms with E-state index in [9.17, 15) is 17.6 Å². The highest BCUT2D eigenvalue weighted by Crippen LogP contribution is 2.35. The number of carbonyl (C=O) groups excluding carboxylic acids is 1. The highest BCUT2D eigenvalue weighted by Gasteiger charge is 2.33. The van der Waals surface area contributed by atoms with Crippen LogP contribution < -0.4 is 10.0 Å². The summed E-state index contributed by atoms with van der Waals surface area (Å²) in [5.74, 6) is -1.05. The monoisotopic (exact) mass is 451 g/mol. The molecule has 2 heterocycles. The molecule has 1 atom stereocenters. The molecule has 11 heteroatoms. The number of benzene rings is 1. The van der Waals surface area contributed by atoms with Gasteiger partial charge in [-0.05, 0) is 31.2 Å². The van der Waals surface area contributed by atoms with Gasteiger partial charge in [-0.2, -0.15) is 12.7 Å². The molecule has 0 fully saturated rings. The molecular weight excluding hydrogens is 433 g/mol. The predicted molar refractivity (Wildman–Crippen MR) is 112 cm³/mol. The number of nitrogens with zero attached hydrogens (tertiary/aromatic N) is 3. The molecule has 0 aliphatic carbocycles. The van der Waals surface area contributed by atoms with Gasteiger partial charge in [-0.25, -0.2) is 9.11 Å². The molecule has 1 aromatic carbocycles. The number of amides is 1. The van der Waals surface area contributed by atoms with Crippen LogP contribution in [0.5, 0.6) is 0 Å². The van der Waals surface area contributed by atoms with Gasteiger partial charge in [0.1, 0.15) is 17.6 Å². The Balaban J connectivity index is 2.11. The van der Waals surface area contributed by atoms with E-state index in [1.165, 1.54) is 26.2 Å². The molecule has 1 unspecified atom stereocenters. The SMILES string of the molecule is CC1=C(C(=O)NS(=O)(=O)N(C)C)C(c2ccc(F)cc2Cl)N=C(c2ccccn2)N1. The first kappa shape index (κ1) is 21.9. The smallest absolute Gasteiger partial charge is 0.303 e. The van der Waals surface area contributed by atoms with Crippen molar-refractivity contribution in [1.82, 2.24) is 19.3 Å². The molecule has 1 aliphatic heterocycles. The molecule has 30 heavy (non-hydrogen) atoms. The summed E-state index contributed by atoms with van der Waals surface area (Å²) < 4.78 is 40.8. The van der Waals surface area contributed by atoms with Crippen LogP contribution in [0.2, 0.25) is 5.02 Å². The van der Waals surface area contributed by atoms with E-state index in [0.29, 0.717) is 22.8 Å². The van der Waals surface area contributed by atoms with Crippen LogP contribution in [0.1, 0.15) is 24.2 Å². The first-order valence-electron chi connectivity index (χ1n) is 8.76. The molecular formula is C19H19ClFN5O3S. The molecule has 0 saturated heterocycles. The van der Waals surface area contributed by atoms with Gasteiger partial charge >= 0.3 is 10.2 Å². The zero-order valence-corrected chi connectivity index (χ0v) is 17.9. The molecule has 8 nitrogen and oxygen atoms in total. The molecule has 1 amide bonds. The fourth-order valence-corrected chi connectivity index (χ4v) is 3.61. The van der Waals surface area contributed by atoms with Crippen molar-refractivity contribution in [1.29, 1.82) is 0 Å². The fourth-order valence-electron chi connectivity index (χ4n) is 2.82. The first-order chi connectivity index (χ1) is 14.1. The van der Waals surface area contributed by atoms with Crippen LogP contribution in [-0.2, 0) is 15.0 Å². The maximum Gasteiger partial charge on any atom is 0.303 e. The van der Waals surface area contributed by atoms with Gasteiger partial charge in [0.05, 0.1) is 5.57 Å². The normalized spacial score (nSPS) is 16.9. The molecule has 3 rings (SSSR count). The number of rotatable bonds is 5. The second kappa shape index (κ2) is 8.50. The lowest BCUT2D eigenvalue weighted by molar-refractivity contribution is -0.116. The van der Waals surface area contributed by atoms with Crippen molar-refractivity contribution in [2.24, 2.45) is 4.99 Å². The minimum atomic E-state index is -4.04. The average molecular weight is 452 g/mol. The van der Waals surface area contributed by atoms with E-state index in [-0.39, 0.29) is 10.6 Å². The second-order valence-electron chi connectivity index (χ2n) is 6.64. The van der Waals surface area contributed by atoms with Gasteiger partial charge in [0.25, 0.3) is 5.91 Å². The molecule has 2 aromatic rings. The third-order valence-electron chi connectivity index (χ3n) is 4.35. The molecule has 1 aromatic heterocycles.